The average molecular weight is 306 g/mol. The molecule has 6 nitrogen and oxygen atoms in total. The van der Waals surface area contributed by atoms with Gasteiger partial charge in [-0.05, 0) is 35.4 Å². The van der Waals surface area contributed by atoms with Crippen LogP contribution in [0.5, 0.6) is 0 Å². The molecule has 114 valence electrons. The van der Waals surface area contributed by atoms with Gasteiger partial charge in [0.2, 0.25) is 0 Å². The fourth-order valence-electron chi connectivity index (χ4n) is 2.99. The standard InChI is InChI=1S/C17H14N4O2/c22-17(20-23)13-4-1-3-11-9-21(10-14(11)13)12-7-16-15(19-8-12)5-2-6-18-16/h1-8,23H,9-10H2,(H,20,22). The number of aromatic nitrogens is 2. The Morgan fingerprint density at radius 3 is 2.91 bits per heavy atom. The Labute approximate surface area is 132 Å². The predicted molar refractivity (Wildman–Crippen MR) is 85.1 cm³/mol. The van der Waals surface area contributed by atoms with Gasteiger partial charge in [0.25, 0.3) is 5.91 Å². The van der Waals surface area contributed by atoms with Gasteiger partial charge in [0.15, 0.2) is 0 Å². The van der Waals surface area contributed by atoms with Gasteiger partial charge in [0.05, 0.1) is 22.9 Å². The minimum Gasteiger partial charge on any atom is -0.362 e. The average Bonchev–Trinajstić information content (AvgIpc) is 3.04. The van der Waals surface area contributed by atoms with E-state index in [0.717, 1.165) is 27.8 Å². The number of pyridine rings is 2. The number of fused-ring (bicyclic) bond motifs is 2. The number of nitrogens with zero attached hydrogens (tertiary/aromatic N) is 3. The molecular formula is C17H14N4O2. The van der Waals surface area contributed by atoms with Crippen molar-refractivity contribution in [3.8, 4) is 0 Å². The Kier molecular flexibility index (Phi) is 3.17. The zero-order valence-corrected chi connectivity index (χ0v) is 12.2. The third-order valence-corrected chi connectivity index (χ3v) is 4.13. The molecule has 6 heteroatoms. The van der Waals surface area contributed by atoms with Crippen LogP contribution in [0.2, 0.25) is 0 Å². The van der Waals surface area contributed by atoms with Crippen LogP contribution in [-0.2, 0) is 13.1 Å². The van der Waals surface area contributed by atoms with E-state index in [-0.39, 0.29) is 0 Å². The fraction of sp³-hybridized carbons (Fsp3) is 0.118. The lowest BCUT2D eigenvalue weighted by Crippen LogP contribution is -2.21. The van der Waals surface area contributed by atoms with Crippen LogP contribution in [0.1, 0.15) is 21.5 Å². The fourth-order valence-corrected chi connectivity index (χ4v) is 2.99. The van der Waals surface area contributed by atoms with Crippen molar-refractivity contribution in [2.24, 2.45) is 0 Å². The first-order valence-corrected chi connectivity index (χ1v) is 7.27. The molecule has 1 aliphatic rings. The molecule has 4 rings (SSSR count). The topological polar surface area (TPSA) is 78.4 Å². The van der Waals surface area contributed by atoms with Gasteiger partial charge in [-0.2, -0.15) is 0 Å². The summed E-state index contributed by atoms with van der Waals surface area (Å²) in [6.07, 6.45) is 3.57. The molecule has 23 heavy (non-hydrogen) atoms. The Balaban J connectivity index is 1.70. The molecule has 2 N–H and O–H groups in total. The number of carbonyl (C=O) groups is 1. The van der Waals surface area contributed by atoms with Gasteiger partial charge in [-0.3, -0.25) is 20.0 Å². The minimum absolute atomic E-state index is 0.484. The number of amides is 1. The molecule has 0 saturated heterocycles. The van der Waals surface area contributed by atoms with E-state index in [1.54, 1.807) is 17.7 Å². The lowest BCUT2D eigenvalue weighted by atomic mass is 10.0. The van der Waals surface area contributed by atoms with Gasteiger partial charge in [0.1, 0.15) is 0 Å². The van der Waals surface area contributed by atoms with Crippen LogP contribution < -0.4 is 10.4 Å². The number of anilines is 1. The normalized spacial score (nSPS) is 13.2. The van der Waals surface area contributed by atoms with E-state index in [0.29, 0.717) is 18.7 Å². The van der Waals surface area contributed by atoms with E-state index < -0.39 is 5.91 Å². The SMILES string of the molecule is O=C(NO)c1cccc2c1CN(c1cnc3cccnc3c1)C2. The molecule has 0 aliphatic carbocycles. The van der Waals surface area contributed by atoms with Gasteiger partial charge in [-0.15, -0.1) is 0 Å². The highest BCUT2D eigenvalue weighted by molar-refractivity contribution is 5.95. The number of hydrogen-bond acceptors (Lipinski definition) is 5. The zero-order valence-electron chi connectivity index (χ0n) is 12.2. The second kappa shape index (κ2) is 5.33. The molecule has 3 heterocycles. The van der Waals surface area contributed by atoms with E-state index in [1.165, 1.54) is 0 Å². The van der Waals surface area contributed by atoms with E-state index in [1.807, 2.05) is 36.5 Å². The molecule has 0 bridgehead atoms. The van der Waals surface area contributed by atoms with Crippen molar-refractivity contribution < 1.29 is 10.0 Å². The number of hydrogen-bond donors (Lipinski definition) is 2. The van der Waals surface area contributed by atoms with Crippen LogP contribution in [0.3, 0.4) is 0 Å². The van der Waals surface area contributed by atoms with Crippen molar-refractivity contribution in [3.05, 3.63) is 65.5 Å². The third-order valence-electron chi connectivity index (χ3n) is 4.13. The lowest BCUT2D eigenvalue weighted by molar-refractivity contribution is 0.0705. The third kappa shape index (κ3) is 2.29. The van der Waals surface area contributed by atoms with Crippen molar-refractivity contribution in [2.75, 3.05) is 4.90 Å². The van der Waals surface area contributed by atoms with Crippen molar-refractivity contribution in [1.29, 1.82) is 0 Å². The molecule has 2 aromatic heterocycles. The molecule has 0 saturated carbocycles. The van der Waals surface area contributed by atoms with E-state index in [4.69, 9.17) is 5.21 Å². The molecule has 0 atom stereocenters. The van der Waals surface area contributed by atoms with Gasteiger partial charge >= 0.3 is 0 Å². The molecule has 0 radical (unpaired) electrons. The minimum atomic E-state index is -0.484. The summed E-state index contributed by atoms with van der Waals surface area (Å²) in [6.45, 7) is 1.29. The summed E-state index contributed by atoms with van der Waals surface area (Å²) < 4.78 is 0. The number of rotatable bonds is 2. The van der Waals surface area contributed by atoms with Crippen LogP contribution >= 0.6 is 0 Å². The smallest absolute Gasteiger partial charge is 0.274 e. The van der Waals surface area contributed by atoms with E-state index in [9.17, 15) is 4.79 Å². The van der Waals surface area contributed by atoms with Gasteiger partial charge < -0.3 is 4.90 Å². The summed E-state index contributed by atoms with van der Waals surface area (Å²) in [7, 11) is 0. The number of carbonyl (C=O) groups excluding carboxylic acids is 1. The Bertz CT molecular complexity index is 910. The summed E-state index contributed by atoms with van der Waals surface area (Å²) in [5.41, 5.74) is 6.87. The molecule has 1 aromatic carbocycles. The maximum Gasteiger partial charge on any atom is 0.274 e. The van der Waals surface area contributed by atoms with Gasteiger partial charge in [0, 0.05) is 24.8 Å². The molecule has 0 spiro atoms. The van der Waals surface area contributed by atoms with Crippen molar-refractivity contribution in [2.45, 2.75) is 13.1 Å². The lowest BCUT2D eigenvalue weighted by Gasteiger charge is -2.17. The first kappa shape index (κ1) is 13.7. The highest BCUT2D eigenvalue weighted by Gasteiger charge is 2.24. The Hall–Kier alpha value is -2.99. The summed E-state index contributed by atoms with van der Waals surface area (Å²) in [5, 5.41) is 8.89. The molecule has 1 amide bonds. The van der Waals surface area contributed by atoms with Crippen molar-refractivity contribution in [1.82, 2.24) is 15.4 Å². The van der Waals surface area contributed by atoms with Crippen molar-refractivity contribution >= 4 is 22.6 Å². The summed E-state index contributed by atoms with van der Waals surface area (Å²) in [5.74, 6) is -0.484. The van der Waals surface area contributed by atoms with Crippen LogP contribution in [0.4, 0.5) is 5.69 Å². The maximum atomic E-state index is 11.8. The van der Waals surface area contributed by atoms with Crippen molar-refractivity contribution in [3.63, 3.8) is 0 Å². The number of nitrogens with one attached hydrogen (secondary N) is 1. The van der Waals surface area contributed by atoms with Gasteiger partial charge in [-0.25, -0.2) is 5.48 Å². The van der Waals surface area contributed by atoms with Crippen LogP contribution in [-0.4, -0.2) is 21.1 Å². The van der Waals surface area contributed by atoms with E-state index in [2.05, 4.69) is 14.9 Å². The maximum absolute atomic E-state index is 11.8. The zero-order chi connectivity index (χ0) is 15.8. The van der Waals surface area contributed by atoms with Gasteiger partial charge in [-0.1, -0.05) is 12.1 Å². The van der Waals surface area contributed by atoms with Crippen LogP contribution in [0.15, 0.2) is 48.8 Å². The highest BCUT2D eigenvalue weighted by atomic mass is 16.5. The quantitative estimate of drug-likeness (QED) is 0.561. The summed E-state index contributed by atoms with van der Waals surface area (Å²) in [6, 6.07) is 11.3. The summed E-state index contributed by atoms with van der Waals surface area (Å²) in [4.78, 5) is 22.7. The molecular weight excluding hydrogens is 292 g/mol. The second-order valence-electron chi connectivity index (χ2n) is 5.48. The molecule has 0 unspecified atom stereocenters. The molecule has 0 fully saturated rings. The Morgan fingerprint density at radius 2 is 2.04 bits per heavy atom. The number of benzene rings is 1. The first-order chi connectivity index (χ1) is 11.3. The van der Waals surface area contributed by atoms with Crippen LogP contribution in [0.25, 0.3) is 11.0 Å². The second-order valence-corrected chi connectivity index (χ2v) is 5.48. The van der Waals surface area contributed by atoms with Crippen LogP contribution in [0, 0.1) is 0 Å². The number of hydroxylamine groups is 1. The molecule has 3 aromatic rings. The molecule has 1 aliphatic heterocycles. The first-order valence-electron chi connectivity index (χ1n) is 7.27. The highest BCUT2D eigenvalue weighted by Crippen LogP contribution is 2.31. The Morgan fingerprint density at radius 1 is 1.13 bits per heavy atom. The largest absolute Gasteiger partial charge is 0.362 e. The predicted octanol–water partition coefficient (Wildman–Crippen LogP) is 2.27. The van der Waals surface area contributed by atoms with E-state index >= 15 is 0 Å². The monoisotopic (exact) mass is 306 g/mol. The summed E-state index contributed by atoms with van der Waals surface area (Å²) >= 11 is 0.